The Labute approximate surface area is 251 Å². The van der Waals surface area contributed by atoms with Crippen LogP contribution in [0.5, 0.6) is 5.75 Å². The lowest BCUT2D eigenvalue weighted by Crippen LogP contribution is -2.60. The Bertz CT molecular complexity index is 1110. The summed E-state index contributed by atoms with van der Waals surface area (Å²) in [7, 11) is 1.74. The van der Waals surface area contributed by atoms with Crippen LogP contribution < -0.4 is 25.6 Å². The molecule has 9 heteroatoms. The van der Waals surface area contributed by atoms with Gasteiger partial charge in [0, 0.05) is 69.9 Å². The number of hydrogen-bond donors (Lipinski definition) is 3. The van der Waals surface area contributed by atoms with Crippen LogP contribution >= 0.6 is 0 Å². The molecule has 1 aliphatic carbocycles. The van der Waals surface area contributed by atoms with E-state index in [1.54, 1.807) is 7.11 Å². The summed E-state index contributed by atoms with van der Waals surface area (Å²) in [6.07, 6.45) is 4.23. The predicted octanol–water partition coefficient (Wildman–Crippen LogP) is 4.15. The topological polar surface area (TPSA) is 95.2 Å². The second-order valence-electron chi connectivity index (χ2n) is 11.9. The molecule has 0 unspecified atom stereocenters. The Balaban J connectivity index is 1.26. The predicted molar refractivity (Wildman–Crippen MR) is 169 cm³/mol. The number of nitrogens with one attached hydrogen (secondary N) is 3. The Hall–Kier alpha value is -3.30. The molecule has 1 saturated heterocycles. The first kappa shape index (κ1) is 31.6. The molecule has 1 saturated carbocycles. The van der Waals surface area contributed by atoms with Gasteiger partial charge >= 0.3 is 0 Å². The first-order chi connectivity index (χ1) is 20.4. The standard InChI is InChI=1S/C33H49N5O4/c1-26(2)25-42-30-13-9-28(10-14-30)34-17-18-35-32(40)33(15-5-4-6-16-33)36-31(39)27-7-11-29(12-8-27)38-21-19-37(20-22-38)23-24-41-3/h7-14,26,34H,4-6,15-25H2,1-3H3,(H,35,40)(H,36,39). The van der Waals surface area contributed by atoms with Gasteiger partial charge in [-0.05, 0) is 67.3 Å². The molecular formula is C33H49N5O4. The highest BCUT2D eigenvalue weighted by Crippen LogP contribution is 2.29. The summed E-state index contributed by atoms with van der Waals surface area (Å²) >= 11 is 0. The van der Waals surface area contributed by atoms with Crippen molar-refractivity contribution < 1.29 is 19.1 Å². The molecule has 0 bridgehead atoms. The van der Waals surface area contributed by atoms with Crippen LogP contribution in [-0.4, -0.2) is 88.4 Å². The van der Waals surface area contributed by atoms with Crippen molar-refractivity contribution in [3.63, 3.8) is 0 Å². The second kappa shape index (κ2) is 15.8. The van der Waals surface area contributed by atoms with E-state index in [9.17, 15) is 9.59 Å². The lowest BCUT2D eigenvalue weighted by molar-refractivity contribution is -0.128. The third-order valence-electron chi connectivity index (χ3n) is 8.15. The number of benzene rings is 2. The fourth-order valence-corrected chi connectivity index (χ4v) is 5.61. The summed E-state index contributed by atoms with van der Waals surface area (Å²) in [6, 6.07) is 15.6. The van der Waals surface area contributed by atoms with Gasteiger partial charge in [0.25, 0.3) is 5.91 Å². The zero-order valence-corrected chi connectivity index (χ0v) is 25.6. The van der Waals surface area contributed by atoms with E-state index in [0.717, 1.165) is 75.7 Å². The molecule has 3 N–H and O–H groups in total. The van der Waals surface area contributed by atoms with Crippen molar-refractivity contribution in [1.82, 2.24) is 15.5 Å². The van der Waals surface area contributed by atoms with Crippen molar-refractivity contribution >= 4 is 23.2 Å². The Morgan fingerprint density at radius 3 is 2.24 bits per heavy atom. The number of amides is 2. The van der Waals surface area contributed by atoms with Gasteiger partial charge in [-0.1, -0.05) is 33.1 Å². The molecule has 1 aliphatic heterocycles. The van der Waals surface area contributed by atoms with Crippen LogP contribution in [0.15, 0.2) is 48.5 Å². The highest BCUT2D eigenvalue weighted by atomic mass is 16.5. The highest BCUT2D eigenvalue weighted by Gasteiger charge is 2.40. The van der Waals surface area contributed by atoms with Crippen LogP contribution in [0.2, 0.25) is 0 Å². The minimum Gasteiger partial charge on any atom is -0.493 e. The maximum atomic E-state index is 13.4. The minimum absolute atomic E-state index is 0.0993. The van der Waals surface area contributed by atoms with Gasteiger partial charge in [0.2, 0.25) is 5.91 Å². The number of hydrogen-bond acceptors (Lipinski definition) is 7. The average molecular weight is 580 g/mol. The van der Waals surface area contributed by atoms with Gasteiger partial charge in [-0.15, -0.1) is 0 Å². The van der Waals surface area contributed by atoms with Gasteiger partial charge in [0.05, 0.1) is 13.2 Å². The number of methoxy groups -OCH3 is 1. The minimum atomic E-state index is -0.873. The first-order valence-electron chi connectivity index (χ1n) is 15.5. The van der Waals surface area contributed by atoms with Crippen LogP contribution in [0.1, 0.15) is 56.3 Å². The second-order valence-corrected chi connectivity index (χ2v) is 11.9. The number of ether oxygens (including phenoxy) is 2. The summed E-state index contributed by atoms with van der Waals surface area (Å²) in [4.78, 5) is 31.5. The van der Waals surface area contributed by atoms with E-state index in [1.165, 1.54) is 0 Å². The molecule has 230 valence electrons. The fraction of sp³-hybridized carbons (Fsp3) is 0.576. The number of carbonyl (C=O) groups excluding carboxylic acids is 2. The number of carbonyl (C=O) groups is 2. The van der Waals surface area contributed by atoms with Gasteiger partial charge in [0.1, 0.15) is 11.3 Å². The zero-order valence-electron chi connectivity index (χ0n) is 25.6. The maximum absolute atomic E-state index is 13.4. The molecule has 0 spiro atoms. The van der Waals surface area contributed by atoms with Gasteiger partial charge in [-0.2, -0.15) is 0 Å². The van der Waals surface area contributed by atoms with Crippen LogP contribution in [0.3, 0.4) is 0 Å². The lowest BCUT2D eigenvalue weighted by Gasteiger charge is -2.37. The SMILES string of the molecule is COCCN1CCN(c2ccc(C(=O)NC3(C(=O)NCCNc4ccc(OCC(C)C)cc4)CCCCC3)cc2)CC1. The number of rotatable bonds is 14. The van der Waals surface area contributed by atoms with Crippen molar-refractivity contribution in [2.45, 2.75) is 51.5 Å². The van der Waals surface area contributed by atoms with E-state index >= 15 is 0 Å². The van der Waals surface area contributed by atoms with Crippen LogP contribution in [0, 0.1) is 5.92 Å². The van der Waals surface area contributed by atoms with E-state index < -0.39 is 5.54 Å². The number of nitrogens with zero attached hydrogens (tertiary/aromatic N) is 2. The molecule has 1 heterocycles. The third-order valence-corrected chi connectivity index (χ3v) is 8.15. The van der Waals surface area contributed by atoms with Gasteiger partial charge < -0.3 is 30.3 Å². The molecule has 4 rings (SSSR count). The molecule has 2 aliphatic rings. The molecule has 9 nitrogen and oxygen atoms in total. The van der Waals surface area contributed by atoms with Crippen molar-refractivity contribution in [1.29, 1.82) is 0 Å². The monoisotopic (exact) mass is 579 g/mol. The molecular weight excluding hydrogens is 530 g/mol. The van der Waals surface area contributed by atoms with Gasteiger partial charge in [0.15, 0.2) is 0 Å². The van der Waals surface area contributed by atoms with Crippen molar-refractivity contribution in [2.75, 3.05) is 76.4 Å². The molecule has 2 amide bonds. The average Bonchev–Trinajstić information content (AvgIpc) is 3.02. The van der Waals surface area contributed by atoms with E-state index in [1.807, 2.05) is 48.5 Å². The van der Waals surface area contributed by atoms with Gasteiger partial charge in [-0.25, -0.2) is 0 Å². The third kappa shape index (κ3) is 9.10. The summed E-state index contributed by atoms with van der Waals surface area (Å²) in [5.41, 5.74) is 1.80. The van der Waals surface area contributed by atoms with Crippen molar-refractivity contribution in [3.05, 3.63) is 54.1 Å². The molecule has 2 aromatic rings. The van der Waals surface area contributed by atoms with E-state index in [0.29, 0.717) is 44.0 Å². The lowest BCUT2D eigenvalue weighted by atomic mass is 9.80. The van der Waals surface area contributed by atoms with Crippen molar-refractivity contribution in [2.24, 2.45) is 5.92 Å². The highest BCUT2D eigenvalue weighted by molar-refractivity contribution is 5.99. The molecule has 0 atom stereocenters. The molecule has 2 fully saturated rings. The maximum Gasteiger partial charge on any atom is 0.252 e. The smallest absolute Gasteiger partial charge is 0.252 e. The summed E-state index contributed by atoms with van der Waals surface area (Å²) < 4.78 is 10.9. The Morgan fingerprint density at radius 1 is 0.905 bits per heavy atom. The van der Waals surface area contributed by atoms with E-state index in [4.69, 9.17) is 9.47 Å². The largest absolute Gasteiger partial charge is 0.493 e. The van der Waals surface area contributed by atoms with E-state index in [2.05, 4.69) is 39.6 Å². The first-order valence-corrected chi connectivity index (χ1v) is 15.5. The molecule has 0 aromatic heterocycles. The Kier molecular flexibility index (Phi) is 11.9. The van der Waals surface area contributed by atoms with Gasteiger partial charge in [-0.3, -0.25) is 14.5 Å². The molecule has 0 radical (unpaired) electrons. The Morgan fingerprint density at radius 2 is 1.60 bits per heavy atom. The summed E-state index contributed by atoms with van der Waals surface area (Å²) in [5, 5.41) is 9.56. The zero-order chi connectivity index (χ0) is 29.8. The fourth-order valence-electron chi connectivity index (χ4n) is 5.61. The normalized spacial score (nSPS) is 17.1. The van der Waals surface area contributed by atoms with Crippen LogP contribution in [0.25, 0.3) is 0 Å². The van der Waals surface area contributed by atoms with Crippen LogP contribution in [0.4, 0.5) is 11.4 Å². The summed E-state index contributed by atoms with van der Waals surface area (Å²) in [6.45, 7) is 11.6. The number of anilines is 2. The van der Waals surface area contributed by atoms with E-state index in [-0.39, 0.29) is 11.8 Å². The molecule has 42 heavy (non-hydrogen) atoms. The summed E-state index contributed by atoms with van der Waals surface area (Å²) in [5.74, 6) is 1.04. The quantitative estimate of drug-likeness (QED) is 0.290. The van der Waals surface area contributed by atoms with Crippen LogP contribution in [-0.2, 0) is 9.53 Å². The molecule has 2 aromatic carbocycles. The van der Waals surface area contributed by atoms with Crippen molar-refractivity contribution in [3.8, 4) is 5.75 Å². The number of piperazine rings is 1.